The molecule has 0 radical (unpaired) electrons. The SMILES string of the molecule is C=c1nnc2c(Nc3cc(Cl)c(O)c(NS(C)(=O)=O)c3)c(C)nn12. The van der Waals surface area contributed by atoms with Gasteiger partial charge in [-0.3, -0.25) is 4.72 Å². The van der Waals surface area contributed by atoms with Gasteiger partial charge in [0, 0.05) is 5.69 Å². The van der Waals surface area contributed by atoms with Gasteiger partial charge in [0.05, 0.1) is 22.7 Å². The number of phenols is 1. The molecule has 0 aliphatic carbocycles. The summed E-state index contributed by atoms with van der Waals surface area (Å²) in [5, 5.41) is 25.0. The van der Waals surface area contributed by atoms with Crippen LogP contribution in [0.3, 0.4) is 0 Å². The summed E-state index contributed by atoms with van der Waals surface area (Å²) in [5.74, 6) is -0.363. The van der Waals surface area contributed by atoms with E-state index in [1.54, 1.807) is 6.92 Å². The molecule has 0 saturated heterocycles. The third-order valence-corrected chi connectivity index (χ3v) is 4.05. The van der Waals surface area contributed by atoms with E-state index in [2.05, 4.69) is 31.9 Å². The van der Waals surface area contributed by atoms with E-state index in [9.17, 15) is 13.5 Å². The molecule has 0 bridgehead atoms. The average Bonchev–Trinajstić information content (AvgIpc) is 2.95. The molecule has 0 saturated carbocycles. The van der Waals surface area contributed by atoms with E-state index >= 15 is 0 Å². The second-order valence-corrected chi connectivity index (χ2v) is 7.32. The van der Waals surface area contributed by atoms with Crippen molar-refractivity contribution in [1.29, 1.82) is 0 Å². The normalized spacial score (nSPS) is 11.8. The van der Waals surface area contributed by atoms with Gasteiger partial charge in [0.1, 0.15) is 5.69 Å². The number of aromatic hydroxyl groups is 1. The van der Waals surface area contributed by atoms with Crippen LogP contribution in [0.25, 0.3) is 12.2 Å². The van der Waals surface area contributed by atoms with Crippen molar-refractivity contribution < 1.29 is 13.5 Å². The van der Waals surface area contributed by atoms with Crippen LogP contribution in [-0.4, -0.2) is 39.6 Å². The van der Waals surface area contributed by atoms with Crippen LogP contribution in [-0.2, 0) is 10.0 Å². The van der Waals surface area contributed by atoms with E-state index in [0.29, 0.717) is 28.2 Å². The van der Waals surface area contributed by atoms with Crippen molar-refractivity contribution >= 4 is 50.9 Å². The molecule has 3 aromatic rings. The average molecular weight is 369 g/mol. The lowest BCUT2D eigenvalue weighted by atomic mass is 10.2. The van der Waals surface area contributed by atoms with Gasteiger partial charge in [-0.1, -0.05) is 18.2 Å². The first-order valence-electron chi connectivity index (χ1n) is 6.63. The quantitative estimate of drug-likeness (QED) is 0.464. The summed E-state index contributed by atoms with van der Waals surface area (Å²) >= 11 is 5.97. The molecule has 2 aromatic heterocycles. The van der Waals surface area contributed by atoms with E-state index in [-0.39, 0.29) is 16.5 Å². The Labute approximate surface area is 142 Å². The predicted octanol–water partition coefficient (Wildman–Crippen LogP) is 1.04. The first kappa shape index (κ1) is 16.3. The van der Waals surface area contributed by atoms with Crippen LogP contribution in [0.4, 0.5) is 17.1 Å². The predicted molar refractivity (Wildman–Crippen MR) is 91.1 cm³/mol. The first-order chi connectivity index (χ1) is 11.2. The van der Waals surface area contributed by atoms with Crippen LogP contribution in [0.1, 0.15) is 5.69 Å². The highest BCUT2D eigenvalue weighted by Gasteiger charge is 2.16. The summed E-state index contributed by atoms with van der Waals surface area (Å²) in [6.45, 7) is 5.49. The molecule has 126 valence electrons. The second-order valence-electron chi connectivity index (χ2n) is 5.17. The minimum absolute atomic E-state index is 0.0151. The lowest BCUT2D eigenvalue weighted by Crippen LogP contribution is -2.10. The Morgan fingerprint density at radius 1 is 1.33 bits per heavy atom. The highest BCUT2D eigenvalue weighted by molar-refractivity contribution is 7.92. The van der Waals surface area contributed by atoms with E-state index < -0.39 is 10.0 Å². The Morgan fingerprint density at radius 2 is 2.04 bits per heavy atom. The minimum atomic E-state index is -3.58. The van der Waals surface area contributed by atoms with Gasteiger partial charge in [0.2, 0.25) is 15.7 Å². The van der Waals surface area contributed by atoms with Gasteiger partial charge < -0.3 is 10.4 Å². The number of benzene rings is 1. The van der Waals surface area contributed by atoms with Crippen LogP contribution in [0, 0.1) is 6.92 Å². The number of hydrogen-bond acceptors (Lipinski definition) is 7. The molecule has 0 amide bonds. The van der Waals surface area contributed by atoms with E-state index in [4.69, 9.17) is 11.6 Å². The molecular formula is C13H13ClN6O3S. The maximum Gasteiger partial charge on any atom is 0.229 e. The van der Waals surface area contributed by atoms with Crippen molar-refractivity contribution in [1.82, 2.24) is 19.8 Å². The third kappa shape index (κ3) is 2.93. The molecule has 0 atom stereocenters. The van der Waals surface area contributed by atoms with Crippen LogP contribution < -0.4 is 15.5 Å². The molecule has 3 rings (SSSR count). The standard InChI is InChI=1S/C13H13ClN6O3S/c1-6-11(13-17-16-7(2)20(13)18-6)15-8-4-9(14)12(21)10(5-8)19-24(3,22)23/h4-5,15,19,21H,2H2,1,3H3. The Hall–Kier alpha value is -2.59. The summed E-state index contributed by atoms with van der Waals surface area (Å²) in [6, 6.07) is 2.86. The molecular weight excluding hydrogens is 356 g/mol. The topological polar surface area (TPSA) is 122 Å². The van der Waals surface area contributed by atoms with Crippen LogP contribution in [0.2, 0.25) is 5.02 Å². The van der Waals surface area contributed by atoms with E-state index in [1.165, 1.54) is 16.6 Å². The van der Waals surface area contributed by atoms with E-state index in [0.717, 1.165) is 6.26 Å². The molecule has 9 nitrogen and oxygen atoms in total. The monoisotopic (exact) mass is 368 g/mol. The fourth-order valence-corrected chi connectivity index (χ4v) is 2.95. The van der Waals surface area contributed by atoms with Crippen molar-refractivity contribution in [3.8, 4) is 5.75 Å². The van der Waals surface area contributed by atoms with Gasteiger partial charge in [-0.2, -0.15) is 9.61 Å². The highest BCUT2D eigenvalue weighted by Crippen LogP contribution is 2.37. The first-order valence-corrected chi connectivity index (χ1v) is 8.90. The number of nitrogens with one attached hydrogen (secondary N) is 2. The number of nitrogens with zero attached hydrogens (tertiary/aromatic N) is 4. The van der Waals surface area contributed by atoms with Crippen molar-refractivity contribution in [2.75, 3.05) is 16.3 Å². The number of phenolic OH excluding ortho intramolecular Hbond substituents is 1. The smallest absolute Gasteiger partial charge is 0.229 e. The molecule has 0 spiro atoms. The number of halogens is 1. The zero-order chi connectivity index (χ0) is 17.6. The number of sulfonamides is 1. The Morgan fingerprint density at radius 3 is 2.71 bits per heavy atom. The van der Waals surface area contributed by atoms with Crippen molar-refractivity contribution in [2.24, 2.45) is 0 Å². The summed E-state index contributed by atoms with van der Waals surface area (Å²) < 4.78 is 26.5. The van der Waals surface area contributed by atoms with Gasteiger partial charge in [0.25, 0.3) is 0 Å². The van der Waals surface area contributed by atoms with Gasteiger partial charge in [0.15, 0.2) is 11.2 Å². The molecule has 1 aromatic carbocycles. The number of anilines is 3. The summed E-state index contributed by atoms with van der Waals surface area (Å²) in [5.41, 5.74) is 2.48. The van der Waals surface area contributed by atoms with Gasteiger partial charge in [-0.25, -0.2) is 8.42 Å². The third-order valence-electron chi connectivity index (χ3n) is 3.17. The van der Waals surface area contributed by atoms with Gasteiger partial charge in [-0.05, 0) is 19.1 Å². The van der Waals surface area contributed by atoms with E-state index in [1.807, 2.05) is 0 Å². The molecule has 24 heavy (non-hydrogen) atoms. The Balaban J connectivity index is 2.06. The highest BCUT2D eigenvalue weighted by atomic mass is 35.5. The fraction of sp³-hybridized carbons (Fsp3) is 0.154. The maximum absolute atomic E-state index is 11.4. The minimum Gasteiger partial charge on any atom is -0.504 e. The maximum atomic E-state index is 11.4. The largest absolute Gasteiger partial charge is 0.504 e. The zero-order valence-electron chi connectivity index (χ0n) is 12.7. The number of fused-ring (bicyclic) bond motifs is 1. The number of aromatic nitrogens is 4. The Kier molecular flexibility index (Phi) is 3.73. The molecule has 3 N–H and O–H groups in total. The van der Waals surface area contributed by atoms with Gasteiger partial charge in [-0.15, -0.1) is 10.2 Å². The summed E-state index contributed by atoms with van der Waals surface area (Å²) in [6.07, 6.45) is 0.973. The lowest BCUT2D eigenvalue weighted by molar-refractivity contribution is 0.478. The summed E-state index contributed by atoms with van der Waals surface area (Å²) in [4.78, 5) is 0. The van der Waals surface area contributed by atoms with Gasteiger partial charge >= 0.3 is 0 Å². The molecule has 2 heterocycles. The van der Waals surface area contributed by atoms with Crippen molar-refractivity contribution in [3.05, 3.63) is 28.3 Å². The molecule has 0 unspecified atom stereocenters. The molecule has 0 fully saturated rings. The number of rotatable bonds is 4. The van der Waals surface area contributed by atoms with Crippen molar-refractivity contribution in [2.45, 2.75) is 6.92 Å². The molecule has 0 aliphatic rings. The van der Waals surface area contributed by atoms with Crippen molar-refractivity contribution in [3.63, 3.8) is 0 Å². The Bertz CT molecular complexity index is 1100. The second kappa shape index (κ2) is 5.49. The van der Waals surface area contributed by atoms with Crippen LogP contribution in [0.5, 0.6) is 5.75 Å². The zero-order valence-corrected chi connectivity index (χ0v) is 14.3. The molecule has 0 aliphatic heterocycles. The number of hydrogen-bond donors (Lipinski definition) is 3. The molecule has 11 heteroatoms. The number of aryl methyl sites for hydroxylation is 1. The van der Waals surface area contributed by atoms with Crippen LogP contribution in [0.15, 0.2) is 12.1 Å². The summed E-state index contributed by atoms with van der Waals surface area (Å²) in [7, 11) is -3.58. The van der Waals surface area contributed by atoms with Crippen LogP contribution >= 0.6 is 11.6 Å². The fourth-order valence-electron chi connectivity index (χ4n) is 2.17. The lowest BCUT2D eigenvalue weighted by Gasteiger charge is -2.12.